The van der Waals surface area contributed by atoms with Gasteiger partial charge in [0.15, 0.2) is 11.9 Å². The van der Waals surface area contributed by atoms with Gasteiger partial charge in [0.1, 0.15) is 12.1 Å². The van der Waals surface area contributed by atoms with Crippen molar-refractivity contribution in [2.75, 3.05) is 0 Å². The van der Waals surface area contributed by atoms with Crippen molar-refractivity contribution in [2.24, 2.45) is 0 Å². The third-order valence-electron chi connectivity index (χ3n) is 1.82. The average molecular weight is 189 g/mol. The van der Waals surface area contributed by atoms with Crippen LogP contribution in [0.4, 0.5) is 0 Å². The van der Waals surface area contributed by atoms with Crippen LogP contribution >= 0.6 is 0 Å². The maximum atomic E-state index is 10.5. The molecule has 0 fully saturated rings. The second kappa shape index (κ2) is 3.37. The number of nitrogens with zero attached hydrogens (tertiary/aromatic N) is 2. The number of imidazole rings is 1. The molecule has 2 rings (SSSR count). The molecule has 0 spiro atoms. The summed E-state index contributed by atoms with van der Waals surface area (Å²) in [6.07, 6.45) is 3.15. The van der Waals surface area contributed by atoms with Crippen LogP contribution in [0.25, 0.3) is 11.2 Å². The van der Waals surface area contributed by atoms with Crippen LogP contribution < -0.4 is 0 Å². The summed E-state index contributed by atoms with van der Waals surface area (Å²) >= 11 is 0. The molecule has 5 nitrogen and oxygen atoms in total. The zero-order valence-electron chi connectivity index (χ0n) is 7.23. The van der Waals surface area contributed by atoms with Crippen molar-refractivity contribution in [3.63, 3.8) is 0 Å². The van der Waals surface area contributed by atoms with Gasteiger partial charge in [-0.25, -0.2) is 9.97 Å². The molecule has 5 heteroatoms. The summed E-state index contributed by atoms with van der Waals surface area (Å²) in [4.78, 5) is 31.6. The minimum atomic E-state index is 0.229. The minimum Gasteiger partial charge on any atom is -0.340 e. The van der Waals surface area contributed by atoms with E-state index >= 15 is 0 Å². The van der Waals surface area contributed by atoms with Crippen molar-refractivity contribution >= 4 is 23.7 Å². The first-order valence-electron chi connectivity index (χ1n) is 4.07. The van der Waals surface area contributed by atoms with Gasteiger partial charge in [0.2, 0.25) is 0 Å². The minimum absolute atomic E-state index is 0.229. The molecular formula is C9H7N3O2. The number of hydrogen-bond acceptors (Lipinski definition) is 4. The Morgan fingerprint density at radius 3 is 3.00 bits per heavy atom. The lowest BCUT2D eigenvalue weighted by Crippen LogP contribution is -1.87. The van der Waals surface area contributed by atoms with Crippen molar-refractivity contribution in [2.45, 2.75) is 6.42 Å². The summed E-state index contributed by atoms with van der Waals surface area (Å²) < 4.78 is 0. The summed E-state index contributed by atoms with van der Waals surface area (Å²) in [5.74, 6) is 0.561. The Balaban J connectivity index is 2.53. The average Bonchev–Trinajstić information content (AvgIpc) is 2.59. The van der Waals surface area contributed by atoms with E-state index < -0.39 is 0 Å². The second-order valence-corrected chi connectivity index (χ2v) is 2.81. The number of nitrogens with one attached hydrogen (secondary N) is 1. The van der Waals surface area contributed by atoms with Gasteiger partial charge in [-0.15, -0.1) is 0 Å². The summed E-state index contributed by atoms with van der Waals surface area (Å²) in [5.41, 5.74) is 1.68. The van der Waals surface area contributed by atoms with E-state index in [0.29, 0.717) is 28.8 Å². The Bertz CT molecular complexity index is 490. The first-order valence-corrected chi connectivity index (χ1v) is 4.07. The van der Waals surface area contributed by atoms with E-state index in [0.717, 1.165) is 6.29 Å². The number of aromatic nitrogens is 3. The molecule has 1 N–H and O–H groups in total. The van der Waals surface area contributed by atoms with Crippen LogP contribution in [-0.2, 0) is 11.2 Å². The molecule has 0 aliphatic rings. The van der Waals surface area contributed by atoms with Gasteiger partial charge in [-0.1, -0.05) is 0 Å². The monoisotopic (exact) mass is 189 g/mol. The van der Waals surface area contributed by atoms with Crippen LogP contribution in [0.15, 0.2) is 12.3 Å². The highest BCUT2D eigenvalue weighted by atomic mass is 16.1. The van der Waals surface area contributed by atoms with E-state index in [9.17, 15) is 9.59 Å². The molecule has 0 atom stereocenters. The summed E-state index contributed by atoms with van der Waals surface area (Å²) in [5, 5.41) is 0. The van der Waals surface area contributed by atoms with Crippen molar-refractivity contribution in [3.05, 3.63) is 23.7 Å². The zero-order valence-corrected chi connectivity index (χ0v) is 7.23. The van der Waals surface area contributed by atoms with E-state index in [1.165, 1.54) is 6.20 Å². The fourth-order valence-electron chi connectivity index (χ4n) is 1.21. The Morgan fingerprint density at radius 1 is 1.43 bits per heavy atom. The maximum Gasteiger partial charge on any atom is 0.177 e. The van der Waals surface area contributed by atoms with Gasteiger partial charge in [-0.2, -0.15) is 0 Å². The molecule has 0 saturated carbocycles. The molecule has 2 heterocycles. The molecule has 0 saturated heterocycles. The third-order valence-corrected chi connectivity index (χ3v) is 1.82. The lowest BCUT2D eigenvalue weighted by molar-refractivity contribution is -0.107. The zero-order chi connectivity index (χ0) is 9.97. The first kappa shape index (κ1) is 8.55. The van der Waals surface area contributed by atoms with Gasteiger partial charge in [0, 0.05) is 11.8 Å². The maximum absolute atomic E-state index is 10.5. The number of aromatic amines is 1. The predicted molar refractivity (Wildman–Crippen MR) is 49.0 cm³/mol. The number of aldehydes is 2. The number of H-pyrrole nitrogens is 1. The summed E-state index contributed by atoms with van der Waals surface area (Å²) in [7, 11) is 0. The van der Waals surface area contributed by atoms with Crippen LogP contribution in [0.5, 0.6) is 0 Å². The van der Waals surface area contributed by atoms with Gasteiger partial charge in [-0.3, -0.25) is 4.79 Å². The van der Waals surface area contributed by atoms with Crippen molar-refractivity contribution in [1.29, 1.82) is 0 Å². The van der Waals surface area contributed by atoms with Gasteiger partial charge in [0.05, 0.1) is 11.9 Å². The van der Waals surface area contributed by atoms with E-state index in [4.69, 9.17) is 0 Å². The standard InChI is InChI=1S/C9H7N3O2/c13-2-1-8-11-7-3-6(5-14)4-10-9(7)12-8/h2-5H,1H2,(H,10,11,12). The smallest absolute Gasteiger partial charge is 0.177 e. The largest absolute Gasteiger partial charge is 0.340 e. The number of pyridine rings is 1. The SMILES string of the molecule is O=CCc1nc2ncc(C=O)cc2[nH]1. The van der Waals surface area contributed by atoms with E-state index in [2.05, 4.69) is 15.0 Å². The number of rotatable bonds is 3. The predicted octanol–water partition coefficient (Wildman–Crippen LogP) is 0.512. The summed E-state index contributed by atoms with van der Waals surface area (Å²) in [6, 6.07) is 1.65. The molecule has 70 valence electrons. The van der Waals surface area contributed by atoms with Crippen LogP contribution in [0.3, 0.4) is 0 Å². The lowest BCUT2D eigenvalue weighted by Gasteiger charge is -1.87. The Kier molecular flexibility index (Phi) is 2.06. The van der Waals surface area contributed by atoms with Gasteiger partial charge in [0.25, 0.3) is 0 Å². The third kappa shape index (κ3) is 1.39. The molecule has 0 aliphatic heterocycles. The highest BCUT2D eigenvalue weighted by Gasteiger charge is 2.03. The van der Waals surface area contributed by atoms with E-state index in [-0.39, 0.29) is 6.42 Å². The van der Waals surface area contributed by atoms with Gasteiger partial charge < -0.3 is 9.78 Å². The topological polar surface area (TPSA) is 75.7 Å². The molecule has 0 aromatic carbocycles. The number of fused-ring (bicyclic) bond motifs is 1. The Morgan fingerprint density at radius 2 is 2.29 bits per heavy atom. The van der Waals surface area contributed by atoms with Crippen LogP contribution in [-0.4, -0.2) is 27.5 Å². The highest BCUT2D eigenvalue weighted by Crippen LogP contribution is 2.09. The first-order chi connectivity index (χ1) is 6.83. The van der Waals surface area contributed by atoms with E-state index in [1.54, 1.807) is 6.07 Å². The van der Waals surface area contributed by atoms with Crippen molar-refractivity contribution in [1.82, 2.24) is 15.0 Å². The summed E-state index contributed by atoms with van der Waals surface area (Å²) in [6.45, 7) is 0. The van der Waals surface area contributed by atoms with Crippen molar-refractivity contribution in [3.8, 4) is 0 Å². The molecule has 2 aromatic rings. The fraction of sp³-hybridized carbons (Fsp3) is 0.111. The molecule has 0 amide bonds. The molecule has 0 radical (unpaired) electrons. The van der Waals surface area contributed by atoms with Crippen LogP contribution in [0.2, 0.25) is 0 Å². The molecular weight excluding hydrogens is 182 g/mol. The van der Waals surface area contributed by atoms with Crippen LogP contribution in [0, 0.1) is 0 Å². The molecule has 0 unspecified atom stereocenters. The number of carbonyl (C=O) groups is 2. The fourth-order valence-corrected chi connectivity index (χ4v) is 1.21. The molecule has 14 heavy (non-hydrogen) atoms. The quantitative estimate of drug-likeness (QED) is 0.714. The second-order valence-electron chi connectivity index (χ2n) is 2.81. The van der Waals surface area contributed by atoms with E-state index in [1.807, 2.05) is 0 Å². The van der Waals surface area contributed by atoms with Crippen molar-refractivity contribution < 1.29 is 9.59 Å². The Hall–Kier alpha value is -2.04. The molecule has 0 bridgehead atoms. The van der Waals surface area contributed by atoms with Gasteiger partial charge >= 0.3 is 0 Å². The normalized spacial score (nSPS) is 10.3. The lowest BCUT2D eigenvalue weighted by atomic mass is 10.3. The van der Waals surface area contributed by atoms with Gasteiger partial charge in [-0.05, 0) is 6.07 Å². The number of carbonyl (C=O) groups excluding carboxylic acids is 2. The highest BCUT2D eigenvalue weighted by molar-refractivity contribution is 5.82. The number of hydrogen-bond donors (Lipinski definition) is 1. The molecule has 2 aromatic heterocycles. The Labute approximate surface area is 79.2 Å². The van der Waals surface area contributed by atoms with Crippen LogP contribution in [0.1, 0.15) is 16.2 Å². The molecule has 0 aliphatic carbocycles.